The minimum Gasteiger partial charge on any atom is -0.493 e. The standard InChI is InChI=1S/C21H25N3O6/c1-14(25)17-5-6-18(27-2)21(28-3)20(17)30-12-16-11-24(8-9-29-16)19(26)7-4-15-10-22-13-23-15/h4-7,10,13,16H,8-9,11-12H2,1-3H3,(H,22,23)/b7-4+. The van der Waals surface area contributed by atoms with E-state index in [0.717, 1.165) is 5.69 Å². The van der Waals surface area contributed by atoms with Gasteiger partial charge in [-0.05, 0) is 25.1 Å². The molecule has 9 nitrogen and oxygen atoms in total. The van der Waals surface area contributed by atoms with Gasteiger partial charge in [-0.3, -0.25) is 9.59 Å². The Morgan fingerprint density at radius 1 is 1.30 bits per heavy atom. The number of morpholine rings is 1. The number of aromatic nitrogens is 2. The second kappa shape index (κ2) is 9.93. The highest BCUT2D eigenvalue weighted by atomic mass is 16.6. The van der Waals surface area contributed by atoms with Crippen molar-refractivity contribution >= 4 is 17.8 Å². The topological polar surface area (TPSA) is 103 Å². The SMILES string of the molecule is COc1ccc(C(C)=O)c(OCC2CN(C(=O)/C=C/c3cnc[nH]3)CCO2)c1OC. The van der Waals surface area contributed by atoms with Gasteiger partial charge < -0.3 is 28.8 Å². The summed E-state index contributed by atoms with van der Waals surface area (Å²) in [5.41, 5.74) is 1.14. The molecule has 3 rings (SSSR count). The van der Waals surface area contributed by atoms with Crippen molar-refractivity contribution in [3.63, 3.8) is 0 Å². The monoisotopic (exact) mass is 415 g/mol. The fraction of sp³-hybridized carbons (Fsp3) is 0.381. The van der Waals surface area contributed by atoms with E-state index in [1.165, 1.54) is 27.2 Å². The van der Waals surface area contributed by atoms with Gasteiger partial charge in [0.05, 0.1) is 51.2 Å². The number of Topliss-reactive ketones (excluding diaryl/α,β-unsaturated/α-hetero) is 1. The van der Waals surface area contributed by atoms with Crippen molar-refractivity contribution in [2.24, 2.45) is 0 Å². The van der Waals surface area contributed by atoms with Gasteiger partial charge >= 0.3 is 0 Å². The van der Waals surface area contributed by atoms with E-state index >= 15 is 0 Å². The number of carbonyl (C=O) groups excluding carboxylic acids is 2. The summed E-state index contributed by atoms with van der Waals surface area (Å²) in [6.45, 7) is 2.86. The fourth-order valence-electron chi connectivity index (χ4n) is 3.14. The molecule has 9 heteroatoms. The molecule has 0 saturated carbocycles. The van der Waals surface area contributed by atoms with Crippen molar-refractivity contribution < 1.29 is 28.5 Å². The molecule has 1 saturated heterocycles. The number of ether oxygens (including phenoxy) is 4. The maximum Gasteiger partial charge on any atom is 0.246 e. The Morgan fingerprint density at radius 3 is 2.80 bits per heavy atom. The van der Waals surface area contributed by atoms with E-state index in [0.29, 0.717) is 42.5 Å². The van der Waals surface area contributed by atoms with Gasteiger partial charge in [0.15, 0.2) is 17.3 Å². The van der Waals surface area contributed by atoms with Crippen molar-refractivity contribution in [3.05, 3.63) is 42.0 Å². The van der Waals surface area contributed by atoms with E-state index in [1.807, 2.05) is 0 Å². The van der Waals surface area contributed by atoms with E-state index in [1.54, 1.807) is 35.6 Å². The summed E-state index contributed by atoms with van der Waals surface area (Å²) in [6, 6.07) is 3.29. The smallest absolute Gasteiger partial charge is 0.246 e. The van der Waals surface area contributed by atoms with Gasteiger partial charge in [0, 0.05) is 12.6 Å². The Morgan fingerprint density at radius 2 is 2.13 bits per heavy atom. The molecule has 1 N–H and O–H groups in total. The highest BCUT2D eigenvalue weighted by molar-refractivity contribution is 5.98. The van der Waals surface area contributed by atoms with Crippen molar-refractivity contribution in [1.29, 1.82) is 0 Å². The third-order valence-corrected chi connectivity index (χ3v) is 4.67. The average Bonchev–Trinajstić information content (AvgIpc) is 3.28. The fourth-order valence-corrected chi connectivity index (χ4v) is 3.14. The summed E-state index contributed by atoms with van der Waals surface area (Å²) in [5, 5.41) is 0. The van der Waals surface area contributed by atoms with Crippen LogP contribution in [0.4, 0.5) is 0 Å². The highest BCUT2D eigenvalue weighted by Crippen LogP contribution is 2.40. The average molecular weight is 415 g/mol. The van der Waals surface area contributed by atoms with Crippen LogP contribution in [0.25, 0.3) is 6.08 Å². The number of hydrogen-bond acceptors (Lipinski definition) is 7. The Balaban J connectivity index is 1.67. The predicted molar refractivity (Wildman–Crippen MR) is 109 cm³/mol. The lowest BCUT2D eigenvalue weighted by molar-refractivity contribution is -0.134. The van der Waals surface area contributed by atoms with Gasteiger partial charge in [0.1, 0.15) is 12.7 Å². The number of nitrogens with zero attached hydrogens (tertiary/aromatic N) is 2. The zero-order valence-electron chi connectivity index (χ0n) is 17.2. The van der Waals surface area contributed by atoms with Crippen molar-refractivity contribution in [1.82, 2.24) is 14.9 Å². The first-order valence-corrected chi connectivity index (χ1v) is 9.49. The number of H-pyrrole nitrogens is 1. The Bertz CT molecular complexity index is 910. The van der Waals surface area contributed by atoms with Crippen LogP contribution in [0.5, 0.6) is 17.2 Å². The van der Waals surface area contributed by atoms with Gasteiger partial charge in [-0.25, -0.2) is 4.98 Å². The summed E-state index contributed by atoms with van der Waals surface area (Å²) in [6.07, 6.45) is 6.01. The molecule has 0 bridgehead atoms. The number of amides is 1. The second-order valence-electron chi connectivity index (χ2n) is 6.66. The van der Waals surface area contributed by atoms with E-state index in [2.05, 4.69) is 9.97 Å². The molecule has 1 aliphatic heterocycles. The number of nitrogens with one attached hydrogen (secondary N) is 1. The number of carbonyl (C=O) groups is 2. The molecule has 1 atom stereocenters. The maximum absolute atomic E-state index is 12.5. The first-order valence-electron chi connectivity index (χ1n) is 9.49. The van der Waals surface area contributed by atoms with Crippen molar-refractivity contribution in [2.45, 2.75) is 13.0 Å². The quantitative estimate of drug-likeness (QED) is 0.519. The molecule has 0 radical (unpaired) electrons. The van der Waals surface area contributed by atoms with Crippen LogP contribution in [0.1, 0.15) is 23.0 Å². The van der Waals surface area contributed by atoms with Gasteiger partial charge in [-0.15, -0.1) is 0 Å². The first kappa shape index (κ1) is 21.4. The third kappa shape index (κ3) is 4.98. The lowest BCUT2D eigenvalue weighted by atomic mass is 10.1. The number of aromatic amines is 1. The van der Waals surface area contributed by atoms with E-state index < -0.39 is 0 Å². The van der Waals surface area contributed by atoms with E-state index in [-0.39, 0.29) is 24.4 Å². The molecule has 2 aromatic rings. The van der Waals surface area contributed by atoms with Gasteiger partial charge in [-0.1, -0.05) is 0 Å². The first-order chi connectivity index (χ1) is 14.5. The normalized spacial score (nSPS) is 16.5. The van der Waals surface area contributed by atoms with Crippen LogP contribution < -0.4 is 14.2 Å². The van der Waals surface area contributed by atoms with Crippen LogP contribution in [-0.2, 0) is 9.53 Å². The summed E-state index contributed by atoms with van der Waals surface area (Å²) in [7, 11) is 3.00. The molecule has 0 aliphatic carbocycles. The number of imidazole rings is 1. The van der Waals surface area contributed by atoms with Crippen LogP contribution in [-0.4, -0.2) is 73.2 Å². The van der Waals surface area contributed by atoms with Crippen molar-refractivity contribution in [3.8, 4) is 17.2 Å². The second-order valence-corrected chi connectivity index (χ2v) is 6.66. The summed E-state index contributed by atoms with van der Waals surface area (Å²) < 4.78 is 22.4. The lowest BCUT2D eigenvalue weighted by Gasteiger charge is -2.32. The van der Waals surface area contributed by atoms with Crippen LogP contribution in [0.3, 0.4) is 0 Å². The highest BCUT2D eigenvalue weighted by Gasteiger charge is 2.26. The van der Waals surface area contributed by atoms with Crippen LogP contribution >= 0.6 is 0 Å². The molecule has 0 spiro atoms. The number of hydrogen-bond donors (Lipinski definition) is 1. The summed E-state index contributed by atoms with van der Waals surface area (Å²) in [5.74, 6) is 0.826. The number of ketones is 1. The van der Waals surface area contributed by atoms with Crippen LogP contribution in [0, 0.1) is 0 Å². The third-order valence-electron chi connectivity index (χ3n) is 4.67. The molecule has 160 valence electrons. The number of rotatable bonds is 8. The van der Waals surface area contributed by atoms with Gasteiger partial charge in [0.2, 0.25) is 11.7 Å². The van der Waals surface area contributed by atoms with Crippen molar-refractivity contribution in [2.75, 3.05) is 40.5 Å². The zero-order valence-corrected chi connectivity index (χ0v) is 17.2. The largest absolute Gasteiger partial charge is 0.493 e. The number of methoxy groups -OCH3 is 2. The molecule has 1 aliphatic rings. The van der Waals surface area contributed by atoms with Crippen LogP contribution in [0.2, 0.25) is 0 Å². The lowest BCUT2D eigenvalue weighted by Crippen LogP contribution is -2.47. The van der Waals surface area contributed by atoms with Gasteiger partial charge in [-0.2, -0.15) is 0 Å². The van der Waals surface area contributed by atoms with E-state index in [4.69, 9.17) is 18.9 Å². The minimum absolute atomic E-state index is 0.124. The van der Waals surface area contributed by atoms with E-state index in [9.17, 15) is 9.59 Å². The summed E-state index contributed by atoms with van der Waals surface area (Å²) >= 11 is 0. The molecule has 1 fully saturated rings. The predicted octanol–water partition coefficient (Wildman–Crippen LogP) is 1.95. The molecular weight excluding hydrogens is 390 g/mol. The Hall–Kier alpha value is -3.33. The Labute approximate surface area is 174 Å². The molecule has 1 aromatic heterocycles. The zero-order chi connectivity index (χ0) is 21.5. The van der Waals surface area contributed by atoms with Gasteiger partial charge in [0.25, 0.3) is 0 Å². The summed E-state index contributed by atoms with van der Waals surface area (Å²) in [4.78, 5) is 33.0. The molecule has 1 amide bonds. The molecule has 1 unspecified atom stereocenters. The maximum atomic E-state index is 12.5. The molecular formula is C21H25N3O6. The number of benzene rings is 1. The Kier molecular flexibility index (Phi) is 7.08. The molecule has 30 heavy (non-hydrogen) atoms. The molecule has 1 aromatic carbocycles. The van der Waals surface area contributed by atoms with Crippen LogP contribution in [0.15, 0.2) is 30.7 Å². The molecule has 2 heterocycles. The minimum atomic E-state index is -0.348.